The van der Waals surface area contributed by atoms with Crippen molar-refractivity contribution >= 4 is 18.1 Å². The monoisotopic (exact) mass is 673 g/mol. The third-order valence-electron chi connectivity index (χ3n) is 8.20. The number of nitrogens with two attached hydrogens (primary N) is 1. The molecule has 4 N–H and O–H groups in total. The summed E-state index contributed by atoms with van der Waals surface area (Å²) in [6.07, 6.45) is 19.2. The minimum absolute atomic E-state index is 0.0732. The zero-order valence-corrected chi connectivity index (χ0v) is 31.7. The Hall–Kier alpha value is -2.73. The molecule has 1 aliphatic heterocycles. The summed E-state index contributed by atoms with van der Waals surface area (Å²) in [6.45, 7) is 16.9. The number of carbonyl (C=O) groups is 3. The van der Waals surface area contributed by atoms with Gasteiger partial charge >= 0.3 is 0 Å². The molecule has 2 fully saturated rings. The third kappa shape index (κ3) is 29.4. The standard InChI is InChI=1S/2C12H22N2O2.C7H14.C7H8.C2H6/c1-13(12(16)6-5-11-15)9-10-14-7-3-2-4-8-14;1-4-5-11(13)12(16)14-8-10(15)7-6-9(2)3;2*1-7-5-3-2-4-6-7;1-2/h11H,2-10H2,1H3;1,9-11,15H,5-8,13H2,2-3H3,(H,14,16);7H,2-6H2,1H3;2-6H,1H3;1-2H3/t;10?,11-;;;/m.0.../s1. The van der Waals surface area contributed by atoms with Gasteiger partial charge in [-0.25, -0.2) is 0 Å². The second kappa shape index (κ2) is 32.8. The van der Waals surface area contributed by atoms with Crippen molar-refractivity contribution < 1.29 is 19.5 Å². The molecule has 0 bridgehead atoms. The van der Waals surface area contributed by atoms with Gasteiger partial charge in [0.25, 0.3) is 0 Å². The highest BCUT2D eigenvalue weighted by Gasteiger charge is 2.14. The number of aliphatic hydroxyl groups excluding tert-OH is 1. The summed E-state index contributed by atoms with van der Waals surface area (Å²) in [6, 6.07) is 9.58. The van der Waals surface area contributed by atoms with Crippen molar-refractivity contribution in [2.24, 2.45) is 17.6 Å². The molecule has 3 rings (SSSR count). The summed E-state index contributed by atoms with van der Waals surface area (Å²) in [7, 11) is 1.82. The average Bonchev–Trinajstić information content (AvgIpc) is 3.10. The summed E-state index contributed by atoms with van der Waals surface area (Å²) in [4.78, 5) is 37.2. The van der Waals surface area contributed by atoms with Gasteiger partial charge in [0.2, 0.25) is 11.8 Å². The van der Waals surface area contributed by atoms with Crippen LogP contribution in [0.2, 0.25) is 0 Å². The van der Waals surface area contributed by atoms with Crippen LogP contribution < -0.4 is 11.1 Å². The number of benzene rings is 1. The van der Waals surface area contributed by atoms with E-state index in [1.54, 1.807) is 4.90 Å². The van der Waals surface area contributed by atoms with Gasteiger partial charge in [0.1, 0.15) is 6.29 Å². The number of carbonyl (C=O) groups excluding carboxylic acids is 3. The predicted molar refractivity (Wildman–Crippen MR) is 203 cm³/mol. The molecule has 2 aliphatic rings. The van der Waals surface area contributed by atoms with E-state index in [-0.39, 0.29) is 24.8 Å². The maximum absolute atomic E-state index is 11.5. The van der Waals surface area contributed by atoms with Crippen LogP contribution in [0.3, 0.4) is 0 Å². The zero-order valence-electron chi connectivity index (χ0n) is 31.7. The largest absolute Gasteiger partial charge is 0.391 e. The fourth-order valence-corrected chi connectivity index (χ4v) is 5.01. The fraction of sp³-hybridized carbons (Fsp3) is 0.725. The minimum atomic E-state index is -0.678. The molecular weight excluding hydrogens is 600 g/mol. The second-order valence-corrected chi connectivity index (χ2v) is 13.2. The maximum atomic E-state index is 11.5. The number of nitrogens with zero attached hydrogens (tertiary/aromatic N) is 2. The molecule has 1 aliphatic carbocycles. The van der Waals surface area contributed by atoms with E-state index in [0.717, 1.165) is 44.8 Å². The molecule has 2 amide bonds. The van der Waals surface area contributed by atoms with E-state index in [1.807, 2.05) is 39.1 Å². The number of nitrogens with one attached hydrogen (secondary N) is 1. The van der Waals surface area contributed by atoms with Crippen LogP contribution in [0.1, 0.15) is 124 Å². The van der Waals surface area contributed by atoms with Crippen LogP contribution in [-0.2, 0) is 14.4 Å². The SMILES string of the molecule is C#CC[C@H](N)C(=O)NCC(O)CCC(C)C.CC.CC1CCCCC1.CN(CCN1CCCCC1)C(=O)CCC=O.Cc1ccccc1. The van der Waals surface area contributed by atoms with Gasteiger partial charge in [0.15, 0.2) is 0 Å². The molecule has 276 valence electrons. The number of piperidine rings is 1. The first-order valence-corrected chi connectivity index (χ1v) is 18.6. The molecule has 2 atom stereocenters. The van der Waals surface area contributed by atoms with Gasteiger partial charge in [-0.3, -0.25) is 9.59 Å². The Kier molecular flexibility index (Phi) is 32.4. The molecule has 1 heterocycles. The molecule has 0 spiro atoms. The van der Waals surface area contributed by atoms with E-state index in [0.29, 0.717) is 25.2 Å². The number of aryl methyl sites for hydroxylation is 1. The molecule has 1 aromatic rings. The van der Waals surface area contributed by atoms with Crippen LogP contribution in [0, 0.1) is 31.1 Å². The summed E-state index contributed by atoms with van der Waals surface area (Å²) in [5.74, 6) is 3.68. The van der Waals surface area contributed by atoms with E-state index < -0.39 is 12.1 Å². The molecule has 8 heteroatoms. The zero-order chi connectivity index (χ0) is 36.6. The molecule has 1 saturated heterocycles. The summed E-state index contributed by atoms with van der Waals surface area (Å²) in [5.41, 5.74) is 6.82. The highest BCUT2D eigenvalue weighted by atomic mass is 16.3. The Morgan fingerprint density at radius 2 is 1.65 bits per heavy atom. The minimum Gasteiger partial charge on any atom is -0.391 e. The summed E-state index contributed by atoms with van der Waals surface area (Å²) >= 11 is 0. The van der Waals surface area contributed by atoms with E-state index >= 15 is 0 Å². The molecule has 8 nitrogen and oxygen atoms in total. The highest BCUT2D eigenvalue weighted by molar-refractivity contribution is 5.81. The molecule has 0 aromatic heterocycles. The van der Waals surface area contributed by atoms with Gasteiger partial charge in [-0.15, -0.1) is 12.3 Å². The second-order valence-electron chi connectivity index (χ2n) is 13.2. The Morgan fingerprint density at radius 1 is 1.06 bits per heavy atom. The molecule has 1 saturated carbocycles. The van der Waals surface area contributed by atoms with Crippen molar-refractivity contribution in [1.82, 2.24) is 15.1 Å². The lowest BCUT2D eigenvalue weighted by Crippen LogP contribution is -2.43. The van der Waals surface area contributed by atoms with Crippen molar-refractivity contribution in [1.29, 1.82) is 0 Å². The Morgan fingerprint density at radius 3 is 2.10 bits per heavy atom. The van der Waals surface area contributed by atoms with Gasteiger partial charge in [0.05, 0.1) is 12.1 Å². The average molecular weight is 673 g/mol. The maximum Gasteiger partial charge on any atom is 0.237 e. The smallest absolute Gasteiger partial charge is 0.237 e. The van der Waals surface area contributed by atoms with Crippen molar-refractivity contribution in [2.75, 3.05) is 39.8 Å². The van der Waals surface area contributed by atoms with Crippen molar-refractivity contribution in [2.45, 2.75) is 137 Å². The topological polar surface area (TPSA) is 116 Å². The molecular formula is C40H72N4O4. The van der Waals surface area contributed by atoms with E-state index in [2.05, 4.69) is 56.0 Å². The Labute approximate surface area is 295 Å². The quantitative estimate of drug-likeness (QED) is 0.157. The first kappa shape index (κ1) is 47.4. The van der Waals surface area contributed by atoms with Crippen LogP contribution in [0.15, 0.2) is 30.3 Å². The number of aldehydes is 1. The Bertz CT molecular complexity index is 938. The number of aliphatic hydroxyl groups is 1. The van der Waals surface area contributed by atoms with E-state index in [1.165, 1.54) is 56.9 Å². The number of likely N-dealkylation sites (tertiary alicyclic amines) is 1. The van der Waals surface area contributed by atoms with Gasteiger partial charge in [0, 0.05) is 45.9 Å². The van der Waals surface area contributed by atoms with Gasteiger partial charge in [-0.2, -0.15) is 0 Å². The van der Waals surface area contributed by atoms with E-state index in [4.69, 9.17) is 12.2 Å². The van der Waals surface area contributed by atoms with Crippen LogP contribution in [0.4, 0.5) is 0 Å². The molecule has 1 aromatic carbocycles. The van der Waals surface area contributed by atoms with Gasteiger partial charge in [-0.05, 0) is 57.5 Å². The summed E-state index contributed by atoms with van der Waals surface area (Å²) < 4.78 is 0. The molecule has 48 heavy (non-hydrogen) atoms. The van der Waals surface area contributed by atoms with E-state index in [9.17, 15) is 19.5 Å². The predicted octanol–water partition coefficient (Wildman–Crippen LogP) is 6.77. The number of rotatable bonds is 13. The number of amides is 2. The van der Waals surface area contributed by atoms with Crippen LogP contribution in [-0.4, -0.2) is 84.9 Å². The normalized spacial score (nSPS) is 15.5. The lowest BCUT2D eigenvalue weighted by molar-refractivity contribution is -0.131. The number of hydrogen-bond donors (Lipinski definition) is 3. The highest BCUT2D eigenvalue weighted by Crippen LogP contribution is 2.22. The lowest BCUT2D eigenvalue weighted by atomic mass is 9.91. The first-order chi connectivity index (χ1) is 23.0. The van der Waals surface area contributed by atoms with Crippen LogP contribution >= 0.6 is 0 Å². The van der Waals surface area contributed by atoms with Gasteiger partial charge < -0.3 is 30.8 Å². The van der Waals surface area contributed by atoms with Crippen LogP contribution in [0.25, 0.3) is 0 Å². The molecule has 1 unspecified atom stereocenters. The fourth-order valence-electron chi connectivity index (χ4n) is 5.01. The molecule has 0 radical (unpaired) electrons. The van der Waals surface area contributed by atoms with Crippen molar-refractivity contribution in [3.05, 3.63) is 35.9 Å². The lowest BCUT2D eigenvalue weighted by Gasteiger charge is -2.28. The Balaban J connectivity index is 0. The first-order valence-electron chi connectivity index (χ1n) is 18.6. The van der Waals surface area contributed by atoms with Crippen molar-refractivity contribution in [3.63, 3.8) is 0 Å². The van der Waals surface area contributed by atoms with Gasteiger partial charge in [-0.1, -0.05) is 109 Å². The number of hydrogen-bond acceptors (Lipinski definition) is 6. The summed E-state index contributed by atoms with van der Waals surface area (Å²) in [5, 5.41) is 12.1. The number of terminal acetylenes is 1. The van der Waals surface area contributed by atoms with Crippen molar-refractivity contribution in [3.8, 4) is 12.3 Å². The number of likely N-dealkylation sites (N-methyl/N-ethyl adjacent to an activating group) is 1. The third-order valence-corrected chi connectivity index (χ3v) is 8.20. The van der Waals surface area contributed by atoms with Crippen LogP contribution in [0.5, 0.6) is 0 Å².